The summed E-state index contributed by atoms with van der Waals surface area (Å²) in [7, 11) is 1.41. The lowest BCUT2D eigenvalue weighted by molar-refractivity contribution is 0.523. The Kier molecular flexibility index (Phi) is 8.49. The standard InChI is InChI=1S/C19H25N5O2S2.HI/c1-20-19(21-11-10-14-12-22-17-7-5-4-6-16(14)17)23-13-15-8-9-18(27-15)28(25,26)24(2)3;/h4-9,12,22H,10-11,13H2,1-3H3,(H2,20,21,23);1H. The molecule has 3 N–H and O–H groups in total. The molecule has 7 nitrogen and oxygen atoms in total. The number of thiophene rings is 1. The molecule has 0 aliphatic carbocycles. The summed E-state index contributed by atoms with van der Waals surface area (Å²) in [4.78, 5) is 8.45. The molecule has 0 saturated carbocycles. The molecule has 0 amide bonds. The number of nitrogens with one attached hydrogen (secondary N) is 3. The lowest BCUT2D eigenvalue weighted by atomic mass is 10.1. The number of fused-ring (bicyclic) bond motifs is 1. The first kappa shape index (κ1) is 23.6. The second kappa shape index (κ2) is 10.4. The Labute approximate surface area is 192 Å². The van der Waals surface area contributed by atoms with E-state index in [2.05, 4.69) is 32.7 Å². The highest BCUT2D eigenvalue weighted by molar-refractivity contribution is 14.0. The van der Waals surface area contributed by atoms with E-state index < -0.39 is 10.0 Å². The minimum atomic E-state index is -3.38. The minimum absolute atomic E-state index is 0. The molecule has 2 aromatic heterocycles. The second-order valence-corrected chi connectivity index (χ2v) is 10.0. The van der Waals surface area contributed by atoms with Crippen molar-refractivity contribution in [2.45, 2.75) is 17.2 Å². The van der Waals surface area contributed by atoms with Crippen LogP contribution in [-0.4, -0.2) is 51.4 Å². The van der Waals surface area contributed by atoms with Gasteiger partial charge < -0.3 is 15.6 Å². The molecule has 3 rings (SSSR count). The van der Waals surface area contributed by atoms with Crippen molar-refractivity contribution in [2.75, 3.05) is 27.7 Å². The monoisotopic (exact) mass is 547 g/mol. The van der Waals surface area contributed by atoms with E-state index in [1.54, 1.807) is 13.1 Å². The highest BCUT2D eigenvalue weighted by atomic mass is 127. The number of halogens is 1. The molecule has 3 aromatic rings. The van der Waals surface area contributed by atoms with E-state index in [1.807, 2.05) is 24.4 Å². The predicted molar refractivity (Wildman–Crippen MR) is 131 cm³/mol. The zero-order valence-corrected chi connectivity index (χ0v) is 20.6. The van der Waals surface area contributed by atoms with Crippen molar-refractivity contribution in [3.8, 4) is 0 Å². The van der Waals surface area contributed by atoms with Gasteiger partial charge in [-0.15, -0.1) is 35.3 Å². The minimum Gasteiger partial charge on any atom is -0.361 e. The van der Waals surface area contributed by atoms with Gasteiger partial charge in [0.1, 0.15) is 4.21 Å². The van der Waals surface area contributed by atoms with Crippen LogP contribution >= 0.6 is 35.3 Å². The fraction of sp³-hybridized carbons (Fsp3) is 0.316. The molecular formula is C19H26IN5O2S2. The number of sulfonamides is 1. The number of rotatable bonds is 7. The largest absolute Gasteiger partial charge is 0.361 e. The van der Waals surface area contributed by atoms with Crippen molar-refractivity contribution < 1.29 is 8.42 Å². The molecule has 0 aliphatic heterocycles. The first-order valence-corrected chi connectivity index (χ1v) is 11.2. The number of hydrogen-bond donors (Lipinski definition) is 3. The molecule has 0 bridgehead atoms. The van der Waals surface area contributed by atoms with Crippen molar-refractivity contribution in [2.24, 2.45) is 4.99 Å². The molecule has 0 spiro atoms. The van der Waals surface area contributed by atoms with Crippen LogP contribution in [0.25, 0.3) is 10.9 Å². The summed E-state index contributed by atoms with van der Waals surface area (Å²) in [6, 6.07) is 11.7. The van der Waals surface area contributed by atoms with Crippen LogP contribution in [0.15, 0.2) is 51.8 Å². The average Bonchev–Trinajstić information content (AvgIpc) is 3.32. The zero-order valence-electron chi connectivity index (χ0n) is 16.6. The first-order chi connectivity index (χ1) is 13.4. The van der Waals surface area contributed by atoms with Gasteiger partial charge >= 0.3 is 0 Å². The highest BCUT2D eigenvalue weighted by Gasteiger charge is 2.19. The number of H-pyrrole nitrogens is 1. The summed E-state index contributed by atoms with van der Waals surface area (Å²) < 4.78 is 25.9. The molecule has 0 radical (unpaired) electrons. The second-order valence-electron chi connectivity index (χ2n) is 6.47. The summed E-state index contributed by atoms with van der Waals surface area (Å²) >= 11 is 1.26. The van der Waals surface area contributed by atoms with E-state index in [1.165, 1.54) is 40.7 Å². The van der Waals surface area contributed by atoms with Gasteiger partial charge in [0.25, 0.3) is 10.0 Å². The maximum Gasteiger partial charge on any atom is 0.252 e. The first-order valence-electron chi connectivity index (χ1n) is 8.92. The van der Waals surface area contributed by atoms with Gasteiger partial charge in [0, 0.05) is 49.7 Å². The molecule has 1 aromatic carbocycles. The molecule has 10 heteroatoms. The topological polar surface area (TPSA) is 89.6 Å². The Bertz CT molecular complexity index is 1070. The smallest absolute Gasteiger partial charge is 0.252 e. The van der Waals surface area contributed by atoms with Gasteiger partial charge in [0.15, 0.2) is 5.96 Å². The van der Waals surface area contributed by atoms with Crippen LogP contribution in [0.1, 0.15) is 10.4 Å². The molecular weight excluding hydrogens is 521 g/mol. The Balaban J connectivity index is 0.00000300. The lowest BCUT2D eigenvalue weighted by Crippen LogP contribution is -2.37. The third-order valence-electron chi connectivity index (χ3n) is 4.39. The molecule has 0 aliphatic rings. The third kappa shape index (κ3) is 5.71. The SMILES string of the molecule is CN=C(NCCc1c[nH]c2ccccc12)NCc1ccc(S(=O)(=O)N(C)C)s1.I. The van der Waals surface area contributed by atoms with Gasteiger partial charge in [-0.3, -0.25) is 4.99 Å². The number of aliphatic imine (C=N–C) groups is 1. The van der Waals surface area contributed by atoms with Crippen molar-refractivity contribution in [3.05, 3.63) is 53.0 Å². The summed E-state index contributed by atoms with van der Waals surface area (Å²) in [5, 5.41) is 7.77. The quantitative estimate of drug-likeness (QED) is 0.241. The number of aromatic amines is 1. The Morgan fingerprint density at radius 3 is 2.66 bits per heavy atom. The Morgan fingerprint density at radius 2 is 1.93 bits per heavy atom. The number of aromatic nitrogens is 1. The van der Waals surface area contributed by atoms with Crippen LogP contribution < -0.4 is 10.6 Å². The Morgan fingerprint density at radius 1 is 1.17 bits per heavy atom. The maximum absolute atomic E-state index is 12.2. The van der Waals surface area contributed by atoms with E-state index in [0.29, 0.717) is 16.7 Å². The third-order valence-corrected chi connectivity index (χ3v) is 7.76. The predicted octanol–water partition coefficient (Wildman–Crippen LogP) is 3.01. The Hall–Kier alpha value is -1.63. The number of nitrogens with zero attached hydrogens (tertiary/aromatic N) is 2. The van der Waals surface area contributed by atoms with E-state index in [4.69, 9.17) is 0 Å². The van der Waals surface area contributed by atoms with Crippen LogP contribution in [0.5, 0.6) is 0 Å². The van der Waals surface area contributed by atoms with Crippen molar-refractivity contribution in [1.29, 1.82) is 0 Å². The number of benzene rings is 1. The fourth-order valence-electron chi connectivity index (χ4n) is 2.82. The molecule has 2 heterocycles. The summed E-state index contributed by atoms with van der Waals surface area (Å²) in [6.07, 6.45) is 2.91. The molecule has 158 valence electrons. The molecule has 29 heavy (non-hydrogen) atoms. The van der Waals surface area contributed by atoms with Gasteiger partial charge in [0.2, 0.25) is 0 Å². The molecule has 0 saturated heterocycles. The molecule has 0 atom stereocenters. The molecule has 0 fully saturated rings. The fourth-order valence-corrected chi connectivity index (χ4v) is 5.28. The van der Waals surface area contributed by atoms with Gasteiger partial charge in [0.05, 0.1) is 6.54 Å². The van der Waals surface area contributed by atoms with Crippen LogP contribution in [-0.2, 0) is 23.0 Å². The summed E-state index contributed by atoms with van der Waals surface area (Å²) in [5.74, 6) is 0.685. The van der Waals surface area contributed by atoms with Gasteiger partial charge in [-0.25, -0.2) is 12.7 Å². The van der Waals surface area contributed by atoms with Crippen molar-refractivity contribution >= 4 is 62.2 Å². The normalized spacial score (nSPS) is 12.2. The summed E-state index contributed by atoms with van der Waals surface area (Å²) in [6.45, 7) is 1.26. The van der Waals surface area contributed by atoms with E-state index in [9.17, 15) is 8.42 Å². The lowest BCUT2D eigenvalue weighted by Gasteiger charge is -2.11. The van der Waals surface area contributed by atoms with Crippen LogP contribution in [0.4, 0.5) is 0 Å². The van der Waals surface area contributed by atoms with Gasteiger partial charge in [-0.05, 0) is 30.2 Å². The zero-order chi connectivity index (χ0) is 20.1. The molecule has 0 unspecified atom stereocenters. The van der Waals surface area contributed by atoms with E-state index in [0.717, 1.165) is 23.4 Å². The van der Waals surface area contributed by atoms with E-state index in [-0.39, 0.29) is 24.0 Å². The van der Waals surface area contributed by atoms with Crippen molar-refractivity contribution in [1.82, 2.24) is 19.9 Å². The number of guanidine groups is 1. The maximum atomic E-state index is 12.2. The average molecular weight is 547 g/mol. The van der Waals surface area contributed by atoms with E-state index >= 15 is 0 Å². The van der Waals surface area contributed by atoms with Gasteiger partial charge in [-0.1, -0.05) is 18.2 Å². The highest BCUT2D eigenvalue weighted by Crippen LogP contribution is 2.23. The van der Waals surface area contributed by atoms with Crippen LogP contribution in [0, 0.1) is 0 Å². The van der Waals surface area contributed by atoms with Crippen LogP contribution in [0.3, 0.4) is 0 Å². The van der Waals surface area contributed by atoms with Gasteiger partial charge in [-0.2, -0.15) is 0 Å². The van der Waals surface area contributed by atoms with Crippen LogP contribution in [0.2, 0.25) is 0 Å². The van der Waals surface area contributed by atoms with Crippen molar-refractivity contribution in [3.63, 3.8) is 0 Å². The summed E-state index contributed by atoms with van der Waals surface area (Å²) in [5.41, 5.74) is 2.40. The number of para-hydroxylation sites is 1. The number of hydrogen-bond acceptors (Lipinski definition) is 4.